The highest BCUT2D eigenvalue weighted by Gasteiger charge is 2.43. The van der Waals surface area contributed by atoms with E-state index in [4.69, 9.17) is 4.74 Å². The first-order valence-electron chi connectivity index (χ1n) is 6.18. The van der Waals surface area contributed by atoms with Crippen LogP contribution in [0.1, 0.15) is 45.4 Å². The molecule has 1 aliphatic heterocycles. The zero-order chi connectivity index (χ0) is 11.6. The second kappa shape index (κ2) is 4.34. The number of rotatable bonds is 3. The van der Waals surface area contributed by atoms with Crippen molar-refractivity contribution in [1.82, 2.24) is 5.32 Å². The Bertz CT molecular complexity index is 265. The summed E-state index contributed by atoms with van der Waals surface area (Å²) in [5.41, 5.74) is -1.06. The number of amides is 1. The van der Waals surface area contributed by atoms with Gasteiger partial charge in [0.1, 0.15) is 5.60 Å². The lowest BCUT2D eigenvalue weighted by molar-refractivity contribution is -0.142. The molecule has 1 aliphatic carbocycles. The summed E-state index contributed by atoms with van der Waals surface area (Å²) < 4.78 is 5.51. The Morgan fingerprint density at radius 2 is 2.00 bits per heavy atom. The summed E-state index contributed by atoms with van der Waals surface area (Å²) in [5, 5.41) is 12.4. The van der Waals surface area contributed by atoms with E-state index in [1.54, 1.807) is 0 Å². The molecule has 1 atom stereocenters. The number of hydrogen-bond acceptors (Lipinski definition) is 3. The number of carbonyl (C=O) groups excluding carboxylic acids is 1. The van der Waals surface area contributed by atoms with E-state index in [1.807, 2.05) is 6.92 Å². The zero-order valence-corrected chi connectivity index (χ0v) is 9.92. The SMILES string of the molecule is CC1(C(=O)NC2(CO)CCCC2)CCCO1. The van der Waals surface area contributed by atoms with E-state index in [9.17, 15) is 9.90 Å². The van der Waals surface area contributed by atoms with Gasteiger partial charge in [-0.2, -0.15) is 0 Å². The second-order valence-electron chi connectivity index (χ2n) is 5.28. The van der Waals surface area contributed by atoms with Crippen molar-refractivity contribution < 1.29 is 14.6 Å². The molecule has 2 rings (SSSR count). The summed E-state index contributed by atoms with van der Waals surface area (Å²) in [5.74, 6) is -0.0547. The lowest BCUT2D eigenvalue weighted by atomic mass is 9.95. The Morgan fingerprint density at radius 1 is 1.31 bits per heavy atom. The van der Waals surface area contributed by atoms with Gasteiger partial charge in [0.25, 0.3) is 5.91 Å². The van der Waals surface area contributed by atoms with Gasteiger partial charge in [0.05, 0.1) is 12.1 Å². The molecular weight excluding hydrogens is 206 g/mol. The van der Waals surface area contributed by atoms with Crippen LogP contribution in [-0.4, -0.2) is 35.4 Å². The van der Waals surface area contributed by atoms with Gasteiger partial charge in [-0.1, -0.05) is 12.8 Å². The highest BCUT2D eigenvalue weighted by molar-refractivity contribution is 5.85. The second-order valence-corrected chi connectivity index (χ2v) is 5.28. The lowest BCUT2D eigenvalue weighted by Gasteiger charge is -2.32. The number of aliphatic hydroxyl groups is 1. The van der Waals surface area contributed by atoms with Gasteiger partial charge in [0.15, 0.2) is 0 Å². The summed E-state index contributed by atoms with van der Waals surface area (Å²) in [4.78, 5) is 12.1. The first-order chi connectivity index (χ1) is 7.60. The van der Waals surface area contributed by atoms with Crippen LogP contribution < -0.4 is 5.32 Å². The van der Waals surface area contributed by atoms with Gasteiger partial charge in [0.2, 0.25) is 0 Å². The lowest BCUT2D eigenvalue weighted by Crippen LogP contribution is -2.56. The van der Waals surface area contributed by atoms with E-state index in [0.29, 0.717) is 6.61 Å². The van der Waals surface area contributed by atoms with Crippen molar-refractivity contribution >= 4 is 5.91 Å². The molecule has 2 N–H and O–H groups in total. The van der Waals surface area contributed by atoms with Crippen LogP contribution in [-0.2, 0) is 9.53 Å². The molecule has 1 heterocycles. The Balaban J connectivity index is 2.00. The van der Waals surface area contributed by atoms with E-state index >= 15 is 0 Å². The third-order valence-corrected chi connectivity index (χ3v) is 3.94. The average molecular weight is 227 g/mol. The molecule has 1 amide bonds. The topological polar surface area (TPSA) is 58.6 Å². The minimum Gasteiger partial charge on any atom is -0.394 e. The maximum Gasteiger partial charge on any atom is 0.252 e. The van der Waals surface area contributed by atoms with Crippen molar-refractivity contribution in [2.24, 2.45) is 0 Å². The molecule has 0 aromatic heterocycles. The average Bonchev–Trinajstić information content (AvgIpc) is 2.89. The van der Waals surface area contributed by atoms with Gasteiger partial charge in [-0.3, -0.25) is 4.79 Å². The van der Waals surface area contributed by atoms with E-state index in [0.717, 1.165) is 38.5 Å². The molecular formula is C12H21NO3. The molecule has 92 valence electrons. The third-order valence-electron chi connectivity index (χ3n) is 3.94. The summed E-state index contributed by atoms with van der Waals surface area (Å²) in [7, 11) is 0. The summed E-state index contributed by atoms with van der Waals surface area (Å²) in [6.07, 6.45) is 5.64. The predicted molar refractivity (Wildman–Crippen MR) is 60.0 cm³/mol. The van der Waals surface area contributed by atoms with E-state index in [-0.39, 0.29) is 18.1 Å². The Kier molecular flexibility index (Phi) is 3.22. The molecule has 0 spiro atoms. The minimum absolute atomic E-state index is 0.0365. The van der Waals surface area contributed by atoms with E-state index in [1.165, 1.54) is 0 Å². The fourth-order valence-corrected chi connectivity index (χ4v) is 2.71. The van der Waals surface area contributed by atoms with Crippen molar-refractivity contribution in [3.63, 3.8) is 0 Å². The Hall–Kier alpha value is -0.610. The van der Waals surface area contributed by atoms with Crippen LogP contribution in [0.25, 0.3) is 0 Å². The monoisotopic (exact) mass is 227 g/mol. The van der Waals surface area contributed by atoms with Gasteiger partial charge in [-0.25, -0.2) is 0 Å². The summed E-state index contributed by atoms with van der Waals surface area (Å²) >= 11 is 0. The smallest absolute Gasteiger partial charge is 0.252 e. The number of carbonyl (C=O) groups is 1. The zero-order valence-electron chi connectivity index (χ0n) is 9.92. The molecule has 1 unspecified atom stereocenters. The van der Waals surface area contributed by atoms with Gasteiger partial charge in [-0.05, 0) is 32.6 Å². The van der Waals surface area contributed by atoms with Gasteiger partial charge < -0.3 is 15.2 Å². The predicted octanol–water partition coefficient (Wildman–Crippen LogP) is 0.977. The van der Waals surface area contributed by atoms with Crippen molar-refractivity contribution in [3.8, 4) is 0 Å². The maximum absolute atomic E-state index is 12.1. The van der Waals surface area contributed by atoms with Crippen molar-refractivity contribution in [2.75, 3.05) is 13.2 Å². The first kappa shape index (κ1) is 11.9. The highest BCUT2D eigenvalue weighted by Crippen LogP contribution is 2.32. The Morgan fingerprint density at radius 3 is 2.50 bits per heavy atom. The molecule has 4 nitrogen and oxygen atoms in total. The number of nitrogens with one attached hydrogen (secondary N) is 1. The van der Waals surface area contributed by atoms with Crippen LogP contribution in [0, 0.1) is 0 Å². The standard InChI is InChI=1S/C12H21NO3/c1-11(5-4-8-16-11)10(15)13-12(9-14)6-2-3-7-12/h14H,2-9H2,1H3,(H,13,15). The molecule has 0 radical (unpaired) electrons. The quantitative estimate of drug-likeness (QED) is 0.755. The minimum atomic E-state index is -0.676. The maximum atomic E-state index is 12.1. The highest BCUT2D eigenvalue weighted by atomic mass is 16.5. The molecule has 0 bridgehead atoms. The van der Waals surface area contributed by atoms with Crippen molar-refractivity contribution in [3.05, 3.63) is 0 Å². The summed E-state index contributed by atoms with van der Waals surface area (Å²) in [6.45, 7) is 2.54. The van der Waals surface area contributed by atoms with Gasteiger partial charge in [-0.15, -0.1) is 0 Å². The fraction of sp³-hybridized carbons (Fsp3) is 0.917. The first-order valence-corrected chi connectivity index (χ1v) is 6.18. The number of aliphatic hydroxyl groups excluding tert-OH is 1. The number of ether oxygens (including phenoxy) is 1. The van der Waals surface area contributed by atoms with Crippen LogP contribution in [0.2, 0.25) is 0 Å². The van der Waals surface area contributed by atoms with Gasteiger partial charge in [0, 0.05) is 6.61 Å². The molecule has 4 heteroatoms. The number of hydrogen-bond donors (Lipinski definition) is 2. The summed E-state index contributed by atoms with van der Waals surface area (Å²) in [6, 6.07) is 0. The van der Waals surface area contributed by atoms with E-state index in [2.05, 4.69) is 5.32 Å². The molecule has 1 saturated heterocycles. The molecule has 16 heavy (non-hydrogen) atoms. The van der Waals surface area contributed by atoms with Crippen molar-refractivity contribution in [2.45, 2.75) is 56.6 Å². The molecule has 2 aliphatic rings. The van der Waals surface area contributed by atoms with Gasteiger partial charge >= 0.3 is 0 Å². The molecule has 0 aromatic rings. The van der Waals surface area contributed by atoms with Crippen LogP contribution in [0.15, 0.2) is 0 Å². The van der Waals surface area contributed by atoms with Crippen LogP contribution in [0.4, 0.5) is 0 Å². The fourth-order valence-electron chi connectivity index (χ4n) is 2.71. The van der Waals surface area contributed by atoms with Crippen molar-refractivity contribution in [1.29, 1.82) is 0 Å². The molecule has 1 saturated carbocycles. The molecule has 0 aromatic carbocycles. The van der Waals surface area contributed by atoms with Crippen LogP contribution >= 0.6 is 0 Å². The van der Waals surface area contributed by atoms with Crippen LogP contribution in [0.3, 0.4) is 0 Å². The normalized spacial score (nSPS) is 32.9. The van der Waals surface area contributed by atoms with E-state index < -0.39 is 5.60 Å². The largest absolute Gasteiger partial charge is 0.394 e. The third kappa shape index (κ3) is 2.09. The van der Waals surface area contributed by atoms with Crippen LogP contribution in [0.5, 0.6) is 0 Å². The Labute approximate surface area is 96.4 Å². The molecule has 2 fully saturated rings.